The average Bonchev–Trinajstić information content (AvgIpc) is 2.53. The van der Waals surface area contributed by atoms with Crippen LogP contribution in [0.15, 0.2) is 35.2 Å². The van der Waals surface area contributed by atoms with E-state index in [9.17, 15) is 18.0 Å². The summed E-state index contributed by atoms with van der Waals surface area (Å²) in [5.41, 5.74) is 0. The number of hydrogen-bond donors (Lipinski definition) is 2. The summed E-state index contributed by atoms with van der Waals surface area (Å²) in [7, 11) is -3.60. The normalized spacial score (nSPS) is 14.3. The van der Waals surface area contributed by atoms with Gasteiger partial charge in [0, 0.05) is 6.54 Å². The van der Waals surface area contributed by atoms with E-state index in [1.54, 1.807) is 18.2 Å². The number of carbonyl (C=O) groups excluding carboxylic acids is 2. The van der Waals surface area contributed by atoms with Crippen LogP contribution in [0.4, 0.5) is 0 Å². The van der Waals surface area contributed by atoms with Crippen molar-refractivity contribution >= 4 is 21.6 Å². The molecule has 0 unspecified atom stereocenters. The second kappa shape index (κ2) is 9.79. The summed E-state index contributed by atoms with van der Waals surface area (Å²) >= 11 is 0. The highest BCUT2D eigenvalue weighted by molar-refractivity contribution is 7.89. The summed E-state index contributed by atoms with van der Waals surface area (Å²) in [6.07, 6.45) is 0.915. The molecule has 25 heavy (non-hydrogen) atoms. The maximum Gasteiger partial charge on any atom is 0.240 e. The molecule has 1 aromatic rings. The molecule has 0 aromatic heterocycles. The fourth-order valence-electron chi connectivity index (χ4n) is 2.49. The van der Waals surface area contributed by atoms with Gasteiger partial charge in [0.2, 0.25) is 10.0 Å². The Morgan fingerprint density at radius 1 is 1.00 bits per heavy atom. The Labute approximate surface area is 150 Å². The zero-order valence-corrected chi connectivity index (χ0v) is 16.1. The first-order chi connectivity index (χ1) is 11.6. The molecule has 0 spiro atoms. The highest BCUT2D eigenvalue weighted by Crippen LogP contribution is 2.10. The molecule has 0 amide bonds. The molecular weight excluding hydrogens is 340 g/mol. The van der Waals surface area contributed by atoms with Gasteiger partial charge < -0.3 is 0 Å². The second-order valence-electron chi connectivity index (χ2n) is 6.62. The molecular formula is C18H28N2O4S. The van der Waals surface area contributed by atoms with Crippen LogP contribution < -0.4 is 10.0 Å². The molecule has 7 heteroatoms. The van der Waals surface area contributed by atoms with E-state index in [4.69, 9.17) is 0 Å². The van der Waals surface area contributed by atoms with Gasteiger partial charge in [0.05, 0.1) is 17.0 Å². The van der Waals surface area contributed by atoms with Gasteiger partial charge in [-0.15, -0.1) is 0 Å². The van der Waals surface area contributed by atoms with Crippen molar-refractivity contribution in [2.45, 2.75) is 57.5 Å². The summed E-state index contributed by atoms with van der Waals surface area (Å²) in [6.45, 7) is 7.06. The molecule has 0 aliphatic rings. The second-order valence-corrected chi connectivity index (χ2v) is 8.39. The Kier molecular flexibility index (Phi) is 8.41. The number of hydrogen-bond acceptors (Lipinski definition) is 5. The fourth-order valence-corrected chi connectivity index (χ4v) is 3.56. The van der Waals surface area contributed by atoms with E-state index >= 15 is 0 Å². The van der Waals surface area contributed by atoms with Crippen LogP contribution in [0.1, 0.15) is 40.5 Å². The molecule has 0 fully saturated rings. The molecule has 140 valence electrons. The van der Waals surface area contributed by atoms with Crippen LogP contribution in [-0.2, 0) is 19.6 Å². The topological polar surface area (TPSA) is 92.3 Å². The Bertz CT molecular complexity index is 672. The van der Waals surface area contributed by atoms with E-state index in [0.29, 0.717) is 12.3 Å². The molecule has 1 rings (SSSR count). The van der Waals surface area contributed by atoms with Gasteiger partial charge in [-0.25, -0.2) is 13.1 Å². The smallest absolute Gasteiger partial charge is 0.240 e. The molecule has 0 heterocycles. The molecule has 0 bridgehead atoms. The number of benzene rings is 1. The van der Waals surface area contributed by atoms with Crippen LogP contribution in [0.25, 0.3) is 0 Å². The first kappa shape index (κ1) is 21.5. The maximum absolute atomic E-state index is 12.2. The molecule has 2 N–H and O–H groups in total. The van der Waals surface area contributed by atoms with Crippen molar-refractivity contribution in [2.75, 3.05) is 6.54 Å². The van der Waals surface area contributed by atoms with Crippen LogP contribution in [0.5, 0.6) is 0 Å². The van der Waals surface area contributed by atoms with Crippen molar-refractivity contribution in [3.63, 3.8) is 0 Å². The molecule has 0 aliphatic carbocycles. The largest absolute Gasteiger partial charge is 0.298 e. The number of ketones is 2. The summed E-state index contributed by atoms with van der Waals surface area (Å²) in [6, 6.07) is 7.10. The highest BCUT2D eigenvalue weighted by Gasteiger charge is 2.23. The molecule has 0 saturated carbocycles. The lowest BCUT2D eigenvalue weighted by Crippen LogP contribution is -2.47. The lowest BCUT2D eigenvalue weighted by atomic mass is 9.98. The molecule has 0 saturated heterocycles. The van der Waals surface area contributed by atoms with Crippen molar-refractivity contribution in [3.8, 4) is 0 Å². The third-order valence-corrected chi connectivity index (χ3v) is 5.35. The third kappa shape index (κ3) is 7.46. The van der Waals surface area contributed by atoms with E-state index in [1.165, 1.54) is 26.0 Å². The summed E-state index contributed by atoms with van der Waals surface area (Å²) in [5, 5.41) is 3.08. The average molecular weight is 368 g/mol. The van der Waals surface area contributed by atoms with Crippen molar-refractivity contribution < 1.29 is 18.0 Å². The zero-order chi connectivity index (χ0) is 19.0. The molecule has 1 aromatic carbocycles. The first-order valence-electron chi connectivity index (χ1n) is 8.45. The van der Waals surface area contributed by atoms with E-state index in [-0.39, 0.29) is 29.4 Å². The molecule has 0 radical (unpaired) electrons. The Balaban J connectivity index is 2.67. The standard InChI is InChI=1S/C18H28N2O4S/c1-13(2)12-18(15(4)22)20-17(14(3)21)10-11-19-25(23,24)16-8-6-5-7-9-16/h5-9,13,17-20H,10-12H2,1-4H3/t17-,18-/m0/s1. The molecule has 6 nitrogen and oxygen atoms in total. The Morgan fingerprint density at radius 3 is 2.04 bits per heavy atom. The van der Waals surface area contributed by atoms with Crippen molar-refractivity contribution in [1.29, 1.82) is 0 Å². The lowest BCUT2D eigenvalue weighted by molar-refractivity contribution is -0.121. The van der Waals surface area contributed by atoms with Gasteiger partial charge in [0.25, 0.3) is 0 Å². The quantitative estimate of drug-likeness (QED) is 0.622. The first-order valence-corrected chi connectivity index (χ1v) is 9.93. The van der Waals surface area contributed by atoms with E-state index in [1.807, 2.05) is 13.8 Å². The van der Waals surface area contributed by atoms with E-state index in [0.717, 1.165) is 0 Å². The predicted molar refractivity (Wildman–Crippen MR) is 97.8 cm³/mol. The van der Waals surface area contributed by atoms with Crippen molar-refractivity contribution in [1.82, 2.24) is 10.0 Å². The van der Waals surface area contributed by atoms with Crippen molar-refractivity contribution in [3.05, 3.63) is 30.3 Å². The Hall–Kier alpha value is -1.57. The number of Topliss-reactive ketones (excluding diaryl/α,β-unsaturated/α-hetero) is 2. The van der Waals surface area contributed by atoms with Gasteiger partial charge in [0.15, 0.2) is 0 Å². The SMILES string of the molecule is CC(=O)[C@H](CCNS(=O)(=O)c1ccccc1)N[C@@H](CC(C)C)C(C)=O. The number of sulfonamides is 1. The van der Waals surface area contributed by atoms with Gasteiger partial charge in [-0.1, -0.05) is 32.0 Å². The van der Waals surface area contributed by atoms with Crippen LogP contribution in [-0.4, -0.2) is 38.6 Å². The number of rotatable bonds is 11. The molecule has 2 atom stereocenters. The monoisotopic (exact) mass is 368 g/mol. The summed E-state index contributed by atoms with van der Waals surface area (Å²) < 4.78 is 26.9. The minimum atomic E-state index is -3.60. The van der Waals surface area contributed by atoms with Crippen LogP contribution in [0, 0.1) is 5.92 Å². The predicted octanol–water partition coefficient (Wildman–Crippen LogP) is 1.91. The molecule has 0 aliphatic heterocycles. The Morgan fingerprint density at radius 2 is 1.56 bits per heavy atom. The summed E-state index contributed by atoms with van der Waals surface area (Å²) in [5.74, 6) is 0.171. The maximum atomic E-state index is 12.2. The van der Waals surface area contributed by atoms with Gasteiger partial charge in [-0.05, 0) is 44.7 Å². The van der Waals surface area contributed by atoms with Crippen LogP contribution >= 0.6 is 0 Å². The number of carbonyl (C=O) groups is 2. The van der Waals surface area contributed by atoms with Gasteiger partial charge in [0.1, 0.15) is 11.6 Å². The minimum Gasteiger partial charge on any atom is -0.298 e. The summed E-state index contributed by atoms with van der Waals surface area (Å²) in [4.78, 5) is 23.8. The van der Waals surface area contributed by atoms with Crippen molar-refractivity contribution in [2.24, 2.45) is 5.92 Å². The van der Waals surface area contributed by atoms with Gasteiger partial charge in [-0.3, -0.25) is 14.9 Å². The zero-order valence-electron chi connectivity index (χ0n) is 15.3. The number of nitrogens with one attached hydrogen (secondary N) is 2. The van der Waals surface area contributed by atoms with E-state index < -0.39 is 22.1 Å². The fraction of sp³-hybridized carbons (Fsp3) is 0.556. The van der Waals surface area contributed by atoms with E-state index in [2.05, 4.69) is 10.0 Å². The van der Waals surface area contributed by atoms with Gasteiger partial charge >= 0.3 is 0 Å². The highest BCUT2D eigenvalue weighted by atomic mass is 32.2. The lowest BCUT2D eigenvalue weighted by Gasteiger charge is -2.24. The third-order valence-electron chi connectivity index (χ3n) is 3.87. The minimum absolute atomic E-state index is 0.0233. The van der Waals surface area contributed by atoms with Crippen LogP contribution in [0.3, 0.4) is 0 Å². The van der Waals surface area contributed by atoms with Crippen LogP contribution in [0.2, 0.25) is 0 Å². The van der Waals surface area contributed by atoms with Gasteiger partial charge in [-0.2, -0.15) is 0 Å².